The van der Waals surface area contributed by atoms with E-state index in [0.717, 1.165) is 0 Å². The van der Waals surface area contributed by atoms with Gasteiger partial charge in [0.2, 0.25) is 5.91 Å². The van der Waals surface area contributed by atoms with Gasteiger partial charge in [-0.15, -0.1) is 0 Å². The van der Waals surface area contributed by atoms with Gasteiger partial charge in [-0.05, 0) is 19.8 Å². The van der Waals surface area contributed by atoms with E-state index in [1.165, 1.54) is 0 Å². The van der Waals surface area contributed by atoms with Gasteiger partial charge in [-0.2, -0.15) is 0 Å². The summed E-state index contributed by atoms with van der Waals surface area (Å²) in [6.45, 7) is 1.75. The average Bonchev–Trinajstić information content (AvgIpc) is 2.28. The molecule has 6 heteroatoms. The molecule has 98 valence electrons. The van der Waals surface area contributed by atoms with Crippen molar-refractivity contribution in [3.05, 3.63) is 11.8 Å². The fourth-order valence-corrected chi connectivity index (χ4v) is 1.25. The quantitative estimate of drug-likeness (QED) is 0.479. The lowest BCUT2D eigenvalue weighted by atomic mass is 10.1. The summed E-state index contributed by atoms with van der Waals surface area (Å²) in [4.78, 5) is 21.8. The van der Waals surface area contributed by atoms with Crippen LogP contribution in [0.15, 0.2) is 11.8 Å². The Morgan fingerprint density at radius 1 is 1.41 bits per heavy atom. The fraction of sp³-hybridized carbons (Fsp3) is 0.636. The van der Waals surface area contributed by atoms with E-state index in [1.54, 1.807) is 13.0 Å². The molecule has 0 fully saturated rings. The number of aliphatic hydroxyl groups is 1. The molecular weight excluding hydrogens is 224 g/mol. The molecule has 0 bridgehead atoms. The minimum Gasteiger partial charge on any atom is -0.480 e. The standard InChI is InChI=1S/C11H20N2O4/c1-2-8(6-7-14)13-10(15)5-3-4-9(12)11(16)17/h2,9,14H,3-7,12H2,1H3,(H,13,15)(H,16,17). The van der Waals surface area contributed by atoms with Gasteiger partial charge in [-0.25, -0.2) is 0 Å². The van der Waals surface area contributed by atoms with Gasteiger partial charge in [-0.1, -0.05) is 6.08 Å². The van der Waals surface area contributed by atoms with Gasteiger partial charge in [0.15, 0.2) is 0 Å². The van der Waals surface area contributed by atoms with Gasteiger partial charge < -0.3 is 21.3 Å². The Hall–Kier alpha value is -1.40. The second kappa shape index (κ2) is 8.72. The summed E-state index contributed by atoms with van der Waals surface area (Å²) < 4.78 is 0. The van der Waals surface area contributed by atoms with Crippen LogP contribution in [-0.4, -0.2) is 34.7 Å². The molecule has 0 saturated carbocycles. The Kier molecular flexibility index (Phi) is 8.00. The number of amides is 1. The lowest BCUT2D eigenvalue weighted by Crippen LogP contribution is -2.30. The maximum atomic E-state index is 11.4. The number of carbonyl (C=O) groups is 2. The summed E-state index contributed by atoms with van der Waals surface area (Å²) in [5.41, 5.74) is 5.97. The maximum absolute atomic E-state index is 11.4. The van der Waals surface area contributed by atoms with Crippen molar-refractivity contribution in [3.63, 3.8) is 0 Å². The van der Waals surface area contributed by atoms with Crippen molar-refractivity contribution in [3.8, 4) is 0 Å². The van der Waals surface area contributed by atoms with Gasteiger partial charge in [-0.3, -0.25) is 9.59 Å². The first-order chi connectivity index (χ1) is 8.01. The van der Waals surface area contributed by atoms with E-state index in [2.05, 4.69) is 5.32 Å². The number of nitrogens with two attached hydrogens (primary N) is 1. The van der Waals surface area contributed by atoms with E-state index >= 15 is 0 Å². The smallest absolute Gasteiger partial charge is 0.320 e. The third-order valence-corrected chi connectivity index (χ3v) is 2.27. The number of carboxylic acid groups (broad SMARTS) is 1. The summed E-state index contributed by atoms with van der Waals surface area (Å²) in [6, 6.07) is -0.915. The molecule has 0 aromatic heterocycles. The Bertz CT molecular complexity index is 289. The van der Waals surface area contributed by atoms with E-state index < -0.39 is 12.0 Å². The molecule has 6 nitrogen and oxygen atoms in total. The van der Waals surface area contributed by atoms with Gasteiger partial charge in [0.05, 0.1) is 0 Å². The second-order valence-corrected chi connectivity index (χ2v) is 3.67. The molecule has 0 aliphatic carbocycles. The lowest BCUT2D eigenvalue weighted by molar-refractivity contribution is -0.138. The summed E-state index contributed by atoms with van der Waals surface area (Å²) in [6.07, 6.45) is 3.04. The Labute approximate surface area is 101 Å². The zero-order valence-electron chi connectivity index (χ0n) is 9.98. The number of rotatable bonds is 8. The molecular formula is C11H20N2O4. The molecule has 1 amide bonds. The molecule has 5 N–H and O–H groups in total. The summed E-state index contributed by atoms with van der Waals surface area (Å²) in [5.74, 6) is -1.25. The number of nitrogens with one attached hydrogen (secondary N) is 1. The fourth-order valence-electron chi connectivity index (χ4n) is 1.25. The number of aliphatic hydroxyl groups excluding tert-OH is 1. The van der Waals surface area contributed by atoms with Crippen LogP contribution in [-0.2, 0) is 9.59 Å². The average molecular weight is 244 g/mol. The lowest BCUT2D eigenvalue weighted by Gasteiger charge is -2.09. The topological polar surface area (TPSA) is 113 Å². The van der Waals surface area contributed by atoms with Crippen molar-refractivity contribution < 1.29 is 19.8 Å². The van der Waals surface area contributed by atoms with E-state index in [-0.39, 0.29) is 25.4 Å². The van der Waals surface area contributed by atoms with Gasteiger partial charge in [0, 0.05) is 25.1 Å². The van der Waals surface area contributed by atoms with Crippen LogP contribution in [0.5, 0.6) is 0 Å². The van der Waals surface area contributed by atoms with E-state index in [0.29, 0.717) is 18.5 Å². The first-order valence-electron chi connectivity index (χ1n) is 5.55. The highest BCUT2D eigenvalue weighted by molar-refractivity contribution is 5.78. The number of carbonyl (C=O) groups excluding carboxylic acids is 1. The van der Waals surface area contributed by atoms with Gasteiger partial charge in [0.25, 0.3) is 0 Å². The number of hydrogen-bond acceptors (Lipinski definition) is 4. The van der Waals surface area contributed by atoms with Crippen LogP contribution < -0.4 is 11.1 Å². The van der Waals surface area contributed by atoms with Crippen molar-refractivity contribution in [2.24, 2.45) is 5.73 Å². The van der Waals surface area contributed by atoms with Crippen molar-refractivity contribution in [2.75, 3.05) is 6.61 Å². The van der Waals surface area contributed by atoms with Crippen molar-refractivity contribution in [2.45, 2.75) is 38.6 Å². The summed E-state index contributed by atoms with van der Waals surface area (Å²) in [7, 11) is 0. The van der Waals surface area contributed by atoms with Crippen molar-refractivity contribution in [1.82, 2.24) is 5.32 Å². The van der Waals surface area contributed by atoms with Crippen molar-refractivity contribution >= 4 is 11.9 Å². The Morgan fingerprint density at radius 3 is 2.53 bits per heavy atom. The summed E-state index contributed by atoms with van der Waals surface area (Å²) in [5, 5.41) is 19.9. The van der Waals surface area contributed by atoms with Gasteiger partial charge >= 0.3 is 5.97 Å². The molecule has 0 spiro atoms. The minimum atomic E-state index is -1.06. The predicted molar refractivity (Wildman–Crippen MR) is 63.1 cm³/mol. The normalized spacial score (nSPS) is 13.2. The third kappa shape index (κ3) is 7.48. The van der Waals surface area contributed by atoms with Crippen molar-refractivity contribution in [1.29, 1.82) is 0 Å². The molecule has 0 aliphatic rings. The largest absolute Gasteiger partial charge is 0.480 e. The molecule has 0 rings (SSSR count). The molecule has 0 aromatic rings. The van der Waals surface area contributed by atoms with Crippen LogP contribution in [0.25, 0.3) is 0 Å². The second-order valence-electron chi connectivity index (χ2n) is 3.67. The van der Waals surface area contributed by atoms with E-state index in [9.17, 15) is 9.59 Å². The number of carboxylic acids is 1. The monoisotopic (exact) mass is 244 g/mol. The molecule has 0 heterocycles. The predicted octanol–water partition coefficient (Wildman–Crippen LogP) is -0.0290. The zero-order valence-corrected chi connectivity index (χ0v) is 9.98. The Balaban J connectivity index is 3.83. The minimum absolute atomic E-state index is 0.0240. The molecule has 1 atom stereocenters. The molecule has 1 unspecified atom stereocenters. The van der Waals surface area contributed by atoms with Crippen LogP contribution >= 0.6 is 0 Å². The van der Waals surface area contributed by atoms with Crippen LogP contribution in [0.1, 0.15) is 32.6 Å². The molecule has 0 aromatic carbocycles. The maximum Gasteiger partial charge on any atom is 0.320 e. The first kappa shape index (κ1) is 15.6. The number of allylic oxidation sites excluding steroid dienone is 1. The van der Waals surface area contributed by atoms with Crippen LogP contribution in [0, 0.1) is 0 Å². The van der Waals surface area contributed by atoms with E-state index in [4.69, 9.17) is 15.9 Å². The molecule has 0 radical (unpaired) electrons. The molecule has 0 aliphatic heterocycles. The number of aliphatic carboxylic acids is 1. The number of hydrogen-bond donors (Lipinski definition) is 4. The highest BCUT2D eigenvalue weighted by Gasteiger charge is 2.12. The Morgan fingerprint density at radius 2 is 2.06 bits per heavy atom. The van der Waals surface area contributed by atoms with E-state index in [1.807, 2.05) is 0 Å². The van der Waals surface area contributed by atoms with Crippen LogP contribution in [0.4, 0.5) is 0 Å². The SMILES string of the molecule is CC=C(CCO)NC(=O)CCCC(N)C(=O)O. The van der Waals surface area contributed by atoms with Crippen LogP contribution in [0.2, 0.25) is 0 Å². The van der Waals surface area contributed by atoms with Gasteiger partial charge in [0.1, 0.15) is 6.04 Å². The zero-order chi connectivity index (χ0) is 13.3. The third-order valence-electron chi connectivity index (χ3n) is 2.27. The molecule has 17 heavy (non-hydrogen) atoms. The van der Waals surface area contributed by atoms with Crippen LogP contribution in [0.3, 0.4) is 0 Å². The molecule has 0 saturated heterocycles. The highest BCUT2D eigenvalue weighted by Crippen LogP contribution is 2.02. The highest BCUT2D eigenvalue weighted by atomic mass is 16.4. The first-order valence-corrected chi connectivity index (χ1v) is 5.55. The summed E-state index contributed by atoms with van der Waals surface area (Å²) >= 11 is 0.